The molecule has 0 saturated carbocycles. The van der Waals surface area contributed by atoms with Gasteiger partial charge in [-0.1, -0.05) is 18.2 Å². The summed E-state index contributed by atoms with van der Waals surface area (Å²) in [6.45, 7) is 0.885. The lowest BCUT2D eigenvalue weighted by Gasteiger charge is -2.26. The van der Waals surface area contributed by atoms with Crippen LogP contribution >= 0.6 is 0 Å². The maximum Gasteiger partial charge on any atom is 0.295 e. The van der Waals surface area contributed by atoms with Gasteiger partial charge in [-0.05, 0) is 44.4 Å². The highest BCUT2D eigenvalue weighted by molar-refractivity contribution is 6.46. The van der Waals surface area contributed by atoms with Crippen LogP contribution in [0.4, 0.5) is 4.39 Å². The summed E-state index contributed by atoms with van der Waals surface area (Å²) in [5.41, 5.74) is 2.03. The molecule has 3 aromatic rings. The van der Waals surface area contributed by atoms with Crippen molar-refractivity contribution in [1.82, 2.24) is 14.4 Å². The first-order valence-corrected chi connectivity index (χ1v) is 10.0. The molecule has 31 heavy (non-hydrogen) atoms. The topological polar surface area (TPSA) is 65.8 Å². The van der Waals surface area contributed by atoms with Crippen LogP contribution in [0.5, 0.6) is 0 Å². The number of benzene rings is 2. The summed E-state index contributed by atoms with van der Waals surface area (Å²) in [6.07, 6.45) is 1.89. The van der Waals surface area contributed by atoms with Crippen molar-refractivity contribution in [3.05, 3.63) is 77.2 Å². The van der Waals surface area contributed by atoms with Crippen LogP contribution < -0.4 is 0 Å². The maximum atomic E-state index is 13.4. The zero-order valence-electron chi connectivity index (χ0n) is 17.7. The lowest BCUT2D eigenvalue weighted by atomic mass is 9.95. The Morgan fingerprint density at radius 1 is 1.10 bits per heavy atom. The number of hydrogen-bond donors (Lipinski definition) is 1. The standard InChI is InChI=1S/C24H24FN3O3/c1-26(2)12-13-28-21(18-14-27(3)19-7-5-4-6-17(18)19)20(23(30)24(28)31)22(29)15-8-10-16(25)11-9-15/h4-11,14,21,29H,12-13H2,1-3H3/b22-20+. The number of Topliss-reactive ketones (excluding diaryl/α,β-unsaturated/α-hetero) is 1. The fourth-order valence-electron chi connectivity index (χ4n) is 4.10. The second-order valence-corrected chi connectivity index (χ2v) is 8.02. The van der Waals surface area contributed by atoms with E-state index in [4.69, 9.17) is 0 Å². The fraction of sp³-hybridized carbons (Fsp3) is 0.250. The van der Waals surface area contributed by atoms with E-state index in [0.717, 1.165) is 16.5 Å². The number of para-hydroxylation sites is 1. The van der Waals surface area contributed by atoms with Crippen molar-refractivity contribution >= 4 is 28.4 Å². The average molecular weight is 421 g/mol. The van der Waals surface area contributed by atoms with Crippen LogP contribution in [0.2, 0.25) is 0 Å². The van der Waals surface area contributed by atoms with E-state index in [-0.39, 0.29) is 16.9 Å². The average Bonchev–Trinajstić information content (AvgIpc) is 3.21. The Kier molecular flexibility index (Phi) is 5.37. The van der Waals surface area contributed by atoms with Gasteiger partial charge in [0, 0.05) is 48.4 Å². The molecule has 2 aromatic carbocycles. The minimum Gasteiger partial charge on any atom is -0.507 e. The highest BCUT2D eigenvalue weighted by Crippen LogP contribution is 2.42. The number of aliphatic hydroxyl groups excluding tert-OH is 1. The van der Waals surface area contributed by atoms with Crippen LogP contribution in [0, 0.1) is 5.82 Å². The summed E-state index contributed by atoms with van der Waals surface area (Å²) in [7, 11) is 5.68. The number of aromatic nitrogens is 1. The minimum absolute atomic E-state index is 0.0201. The van der Waals surface area contributed by atoms with E-state index in [1.54, 1.807) is 0 Å². The number of carbonyl (C=O) groups excluding carboxylic acids is 2. The number of aliphatic hydroxyl groups is 1. The monoisotopic (exact) mass is 421 g/mol. The van der Waals surface area contributed by atoms with Crippen LogP contribution in [0.3, 0.4) is 0 Å². The predicted molar refractivity (Wildman–Crippen MR) is 117 cm³/mol. The molecule has 1 N–H and O–H groups in total. The van der Waals surface area contributed by atoms with Crippen molar-refractivity contribution in [2.75, 3.05) is 27.2 Å². The molecule has 1 unspecified atom stereocenters. The van der Waals surface area contributed by atoms with E-state index in [1.807, 2.05) is 61.1 Å². The molecular weight excluding hydrogens is 397 g/mol. The van der Waals surface area contributed by atoms with Crippen LogP contribution in [0.1, 0.15) is 17.2 Å². The summed E-state index contributed by atoms with van der Waals surface area (Å²) in [6, 6.07) is 12.2. The third-order valence-electron chi connectivity index (χ3n) is 5.67. The summed E-state index contributed by atoms with van der Waals surface area (Å²) < 4.78 is 15.3. The van der Waals surface area contributed by atoms with E-state index in [2.05, 4.69) is 0 Å². The number of ketones is 1. The van der Waals surface area contributed by atoms with Gasteiger partial charge in [-0.25, -0.2) is 4.39 Å². The van der Waals surface area contributed by atoms with E-state index >= 15 is 0 Å². The second kappa shape index (κ2) is 8.00. The van der Waals surface area contributed by atoms with Crippen molar-refractivity contribution in [3.8, 4) is 0 Å². The molecule has 0 bridgehead atoms. The van der Waals surface area contributed by atoms with Gasteiger partial charge in [-0.2, -0.15) is 0 Å². The van der Waals surface area contributed by atoms with Gasteiger partial charge < -0.3 is 19.5 Å². The summed E-state index contributed by atoms with van der Waals surface area (Å²) in [5.74, 6) is -2.14. The van der Waals surface area contributed by atoms with Gasteiger partial charge in [0.15, 0.2) is 0 Å². The molecule has 0 radical (unpaired) electrons. The Bertz CT molecular complexity index is 1190. The van der Waals surface area contributed by atoms with Crippen LogP contribution in [-0.4, -0.2) is 58.3 Å². The number of fused-ring (bicyclic) bond motifs is 1. The van der Waals surface area contributed by atoms with Gasteiger partial charge in [0.2, 0.25) is 0 Å². The third kappa shape index (κ3) is 3.61. The molecule has 2 heterocycles. The van der Waals surface area contributed by atoms with Gasteiger partial charge >= 0.3 is 0 Å². The number of halogens is 1. The number of carbonyl (C=O) groups is 2. The van der Waals surface area contributed by atoms with Crippen molar-refractivity contribution in [2.45, 2.75) is 6.04 Å². The Morgan fingerprint density at radius 3 is 2.45 bits per heavy atom. The number of aryl methyl sites for hydroxylation is 1. The van der Waals surface area contributed by atoms with Gasteiger partial charge in [0.05, 0.1) is 11.6 Å². The molecular formula is C24H24FN3O3. The molecule has 1 amide bonds. The molecule has 1 atom stereocenters. The highest BCUT2D eigenvalue weighted by Gasteiger charge is 2.46. The molecule has 1 fully saturated rings. The molecule has 1 aromatic heterocycles. The number of amides is 1. The highest BCUT2D eigenvalue weighted by atomic mass is 19.1. The van der Waals surface area contributed by atoms with Crippen molar-refractivity contribution < 1.29 is 19.1 Å². The summed E-state index contributed by atoms with van der Waals surface area (Å²) in [4.78, 5) is 29.5. The van der Waals surface area contributed by atoms with Gasteiger partial charge in [0.1, 0.15) is 11.6 Å². The van der Waals surface area contributed by atoms with Crippen LogP contribution in [0.25, 0.3) is 16.7 Å². The SMILES string of the molecule is CN(C)CCN1C(=O)C(=O)/C(=C(/O)c2ccc(F)cc2)C1c1cn(C)c2ccccc12. The largest absolute Gasteiger partial charge is 0.507 e. The molecule has 160 valence electrons. The first-order valence-electron chi connectivity index (χ1n) is 10.0. The molecule has 7 heteroatoms. The lowest BCUT2D eigenvalue weighted by molar-refractivity contribution is -0.140. The number of likely N-dealkylation sites (tertiary alicyclic amines) is 1. The lowest BCUT2D eigenvalue weighted by Crippen LogP contribution is -2.35. The zero-order valence-corrected chi connectivity index (χ0v) is 17.7. The normalized spacial score (nSPS) is 18.5. The predicted octanol–water partition coefficient (Wildman–Crippen LogP) is 3.30. The smallest absolute Gasteiger partial charge is 0.295 e. The molecule has 1 aliphatic rings. The van der Waals surface area contributed by atoms with Crippen molar-refractivity contribution in [1.29, 1.82) is 0 Å². The minimum atomic E-state index is -0.740. The van der Waals surface area contributed by atoms with Crippen LogP contribution in [0.15, 0.2) is 60.3 Å². The number of likely N-dealkylation sites (N-methyl/N-ethyl adjacent to an activating group) is 1. The Morgan fingerprint density at radius 2 is 1.77 bits per heavy atom. The third-order valence-corrected chi connectivity index (χ3v) is 5.67. The first-order chi connectivity index (χ1) is 14.8. The maximum absolute atomic E-state index is 13.4. The van der Waals surface area contributed by atoms with Crippen LogP contribution in [-0.2, 0) is 16.6 Å². The number of rotatable bonds is 5. The second-order valence-electron chi connectivity index (χ2n) is 8.02. The molecule has 4 rings (SSSR count). The Balaban J connectivity index is 1.93. The summed E-state index contributed by atoms with van der Waals surface area (Å²) in [5, 5.41) is 11.9. The Hall–Kier alpha value is -3.45. The van der Waals surface area contributed by atoms with E-state index < -0.39 is 23.5 Å². The van der Waals surface area contributed by atoms with Gasteiger partial charge in [-0.15, -0.1) is 0 Å². The quantitative estimate of drug-likeness (QED) is 0.390. The molecule has 1 aliphatic heterocycles. The zero-order chi connectivity index (χ0) is 22.3. The van der Waals surface area contributed by atoms with Gasteiger partial charge in [-0.3, -0.25) is 9.59 Å². The van der Waals surface area contributed by atoms with E-state index in [9.17, 15) is 19.1 Å². The number of nitrogens with zero attached hydrogens (tertiary/aromatic N) is 3. The number of hydrogen-bond acceptors (Lipinski definition) is 4. The van der Waals surface area contributed by atoms with E-state index in [1.165, 1.54) is 29.2 Å². The molecule has 0 aliphatic carbocycles. The fourth-order valence-corrected chi connectivity index (χ4v) is 4.10. The van der Waals surface area contributed by atoms with Gasteiger partial charge in [0.25, 0.3) is 11.7 Å². The Labute approximate surface area is 179 Å². The van der Waals surface area contributed by atoms with Crippen molar-refractivity contribution in [2.24, 2.45) is 7.05 Å². The molecule has 6 nitrogen and oxygen atoms in total. The first kappa shape index (κ1) is 20.8. The molecule has 1 saturated heterocycles. The summed E-state index contributed by atoms with van der Waals surface area (Å²) >= 11 is 0. The van der Waals surface area contributed by atoms with E-state index in [0.29, 0.717) is 13.1 Å². The molecule has 0 spiro atoms. The van der Waals surface area contributed by atoms with Crippen molar-refractivity contribution in [3.63, 3.8) is 0 Å².